The van der Waals surface area contributed by atoms with Gasteiger partial charge in [-0.2, -0.15) is 0 Å². The van der Waals surface area contributed by atoms with Crippen LogP contribution in [0.1, 0.15) is 85.0 Å². The van der Waals surface area contributed by atoms with E-state index in [-0.39, 0.29) is 23.7 Å². The number of rotatable bonds is 14. The predicted molar refractivity (Wildman–Crippen MR) is 109 cm³/mol. The van der Waals surface area contributed by atoms with Gasteiger partial charge in [0.2, 0.25) is 0 Å². The molecule has 0 radical (unpaired) electrons. The third-order valence-corrected chi connectivity index (χ3v) is 6.16. The maximum Gasteiger partial charge on any atom is 0.303 e. The first-order valence-electron chi connectivity index (χ1n) is 10.8. The third kappa shape index (κ3) is 8.19. The quantitative estimate of drug-likeness (QED) is 0.149. The van der Waals surface area contributed by atoms with Crippen molar-refractivity contribution in [3.8, 4) is 0 Å². The molecule has 0 bridgehead atoms. The summed E-state index contributed by atoms with van der Waals surface area (Å²) in [7, 11) is 0. The van der Waals surface area contributed by atoms with Gasteiger partial charge < -0.3 is 15.3 Å². The van der Waals surface area contributed by atoms with E-state index < -0.39 is 24.3 Å². The monoisotopic (exact) mass is 400 g/mol. The number of carboxylic acid groups (broad SMARTS) is 1. The van der Waals surface area contributed by atoms with E-state index in [1.807, 2.05) is 12.2 Å². The standard InChI is InChI=1S/C22H40O6/c1-4-5-14-22(2,3)20(28-27)13-12-17-16(18(23)15-19(17)24)10-8-6-7-9-11-21(25)26/h12-13,16-20,23-24,27H,4-11,14-15H2,1-3H3,(H,25,26)/b13-12+/t16-,17-,18+,19-,20?/m1/s1. The molecule has 1 aliphatic rings. The minimum Gasteiger partial charge on any atom is -0.481 e. The van der Waals surface area contributed by atoms with Crippen LogP contribution in [0.2, 0.25) is 0 Å². The molecular weight excluding hydrogens is 360 g/mol. The lowest BCUT2D eigenvalue weighted by molar-refractivity contribution is -0.287. The Hall–Kier alpha value is -0.950. The van der Waals surface area contributed by atoms with Gasteiger partial charge in [-0.15, -0.1) is 0 Å². The number of carboxylic acids is 1. The van der Waals surface area contributed by atoms with Crippen LogP contribution >= 0.6 is 0 Å². The van der Waals surface area contributed by atoms with Gasteiger partial charge in [0.05, 0.1) is 12.2 Å². The summed E-state index contributed by atoms with van der Waals surface area (Å²) in [6.07, 6.45) is 9.94. The number of carbonyl (C=O) groups is 1. The molecule has 6 nitrogen and oxygen atoms in total. The summed E-state index contributed by atoms with van der Waals surface area (Å²) in [6, 6.07) is 0. The first-order chi connectivity index (χ1) is 13.2. The van der Waals surface area contributed by atoms with Crippen LogP contribution in [0.3, 0.4) is 0 Å². The van der Waals surface area contributed by atoms with E-state index in [1.165, 1.54) is 0 Å². The Balaban J connectivity index is 2.61. The fourth-order valence-corrected chi connectivity index (χ4v) is 4.23. The molecular formula is C22H40O6. The van der Waals surface area contributed by atoms with E-state index in [2.05, 4.69) is 20.8 Å². The van der Waals surface area contributed by atoms with Gasteiger partial charge in [0, 0.05) is 18.8 Å². The van der Waals surface area contributed by atoms with Crippen molar-refractivity contribution in [3.05, 3.63) is 12.2 Å². The van der Waals surface area contributed by atoms with Crippen LogP contribution in [-0.4, -0.2) is 44.9 Å². The van der Waals surface area contributed by atoms with Crippen molar-refractivity contribution in [3.63, 3.8) is 0 Å². The summed E-state index contributed by atoms with van der Waals surface area (Å²) in [4.78, 5) is 15.3. The van der Waals surface area contributed by atoms with Crippen LogP contribution in [-0.2, 0) is 9.68 Å². The van der Waals surface area contributed by atoms with E-state index in [9.17, 15) is 20.3 Å². The summed E-state index contributed by atoms with van der Waals surface area (Å²) >= 11 is 0. The van der Waals surface area contributed by atoms with Crippen LogP contribution < -0.4 is 0 Å². The van der Waals surface area contributed by atoms with E-state index in [4.69, 9.17) is 9.99 Å². The fraction of sp³-hybridized carbons (Fsp3) is 0.864. The second-order valence-corrected chi connectivity index (χ2v) is 8.96. The zero-order valence-corrected chi connectivity index (χ0v) is 17.7. The summed E-state index contributed by atoms with van der Waals surface area (Å²) in [5.74, 6) is -0.945. The Kier molecular flexibility index (Phi) is 11.3. The zero-order valence-electron chi connectivity index (χ0n) is 17.7. The molecule has 1 unspecified atom stereocenters. The van der Waals surface area contributed by atoms with E-state index in [0.717, 1.165) is 44.9 Å². The van der Waals surface area contributed by atoms with Gasteiger partial charge in [-0.05, 0) is 30.6 Å². The second kappa shape index (κ2) is 12.6. The summed E-state index contributed by atoms with van der Waals surface area (Å²) < 4.78 is 0. The molecule has 1 fully saturated rings. The molecule has 0 aromatic carbocycles. The molecule has 1 rings (SSSR count). The van der Waals surface area contributed by atoms with Crippen molar-refractivity contribution in [2.45, 2.75) is 103 Å². The van der Waals surface area contributed by atoms with Crippen molar-refractivity contribution < 1.29 is 30.3 Å². The maximum absolute atomic E-state index is 10.5. The fourth-order valence-electron chi connectivity index (χ4n) is 4.23. The minimum atomic E-state index is -0.762. The SMILES string of the molecule is CCCCC(C)(C)C(/C=C/[C@@H]1[C@@H](CCCCCCC(=O)O)[C@@H](O)C[C@H]1O)OO. The molecule has 0 aliphatic heterocycles. The number of hydrogen-bond acceptors (Lipinski definition) is 5. The zero-order chi connectivity index (χ0) is 21.2. The van der Waals surface area contributed by atoms with Gasteiger partial charge in [-0.1, -0.05) is 65.0 Å². The lowest BCUT2D eigenvalue weighted by atomic mass is 9.80. The first-order valence-corrected chi connectivity index (χ1v) is 10.8. The van der Waals surface area contributed by atoms with Gasteiger partial charge in [-0.25, -0.2) is 4.89 Å². The van der Waals surface area contributed by atoms with Crippen molar-refractivity contribution >= 4 is 5.97 Å². The Bertz CT molecular complexity index is 476. The van der Waals surface area contributed by atoms with E-state index in [1.54, 1.807) is 0 Å². The second-order valence-electron chi connectivity index (χ2n) is 8.96. The molecule has 5 atom stereocenters. The van der Waals surface area contributed by atoms with Crippen molar-refractivity contribution in [2.75, 3.05) is 0 Å². The average molecular weight is 401 g/mol. The highest BCUT2D eigenvalue weighted by Gasteiger charge is 2.40. The van der Waals surface area contributed by atoms with E-state index >= 15 is 0 Å². The Morgan fingerprint density at radius 1 is 1.14 bits per heavy atom. The largest absolute Gasteiger partial charge is 0.481 e. The molecule has 0 aromatic heterocycles. The van der Waals surface area contributed by atoms with Crippen LogP contribution in [0, 0.1) is 17.3 Å². The number of aliphatic carboxylic acids is 1. The van der Waals surface area contributed by atoms with Gasteiger partial charge in [0.15, 0.2) is 0 Å². The summed E-state index contributed by atoms with van der Waals surface area (Å²) in [6.45, 7) is 6.24. The van der Waals surface area contributed by atoms with Crippen LogP contribution in [0.5, 0.6) is 0 Å². The number of aliphatic hydroxyl groups excluding tert-OH is 2. The van der Waals surface area contributed by atoms with Crippen LogP contribution in [0.15, 0.2) is 12.2 Å². The Morgan fingerprint density at radius 2 is 1.82 bits per heavy atom. The average Bonchev–Trinajstić information content (AvgIpc) is 2.89. The Labute approximate surface area is 169 Å². The van der Waals surface area contributed by atoms with Gasteiger partial charge in [-0.3, -0.25) is 10.1 Å². The highest BCUT2D eigenvalue weighted by molar-refractivity contribution is 5.66. The van der Waals surface area contributed by atoms with Crippen molar-refractivity contribution in [1.29, 1.82) is 0 Å². The van der Waals surface area contributed by atoms with Crippen molar-refractivity contribution in [1.82, 2.24) is 0 Å². The van der Waals surface area contributed by atoms with Crippen molar-refractivity contribution in [2.24, 2.45) is 17.3 Å². The highest BCUT2D eigenvalue weighted by Crippen LogP contribution is 2.38. The van der Waals surface area contributed by atoms with Gasteiger partial charge in [0.25, 0.3) is 0 Å². The third-order valence-electron chi connectivity index (χ3n) is 6.16. The topological polar surface area (TPSA) is 107 Å². The Morgan fingerprint density at radius 3 is 2.43 bits per heavy atom. The highest BCUT2D eigenvalue weighted by atomic mass is 17.1. The smallest absolute Gasteiger partial charge is 0.303 e. The molecule has 6 heteroatoms. The molecule has 0 heterocycles. The van der Waals surface area contributed by atoms with Crippen LogP contribution in [0.25, 0.3) is 0 Å². The lowest BCUT2D eigenvalue weighted by Gasteiger charge is -2.30. The maximum atomic E-state index is 10.5. The van der Waals surface area contributed by atoms with Crippen LogP contribution in [0.4, 0.5) is 0 Å². The summed E-state index contributed by atoms with van der Waals surface area (Å²) in [5, 5.41) is 38.8. The molecule has 28 heavy (non-hydrogen) atoms. The summed E-state index contributed by atoms with van der Waals surface area (Å²) in [5.41, 5.74) is -0.219. The van der Waals surface area contributed by atoms with Gasteiger partial charge >= 0.3 is 5.97 Å². The number of aliphatic hydroxyl groups is 2. The normalized spacial score (nSPS) is 26.8. The minimum absolute atomic E-state index is 0.0242. The number of hydrogen-bond donors (Lipinski definition) is 4. The molecule has 0 aromatic rings. The molecule has 0 spiro atoms. The molecule has 1 aliphatic carbocycles. The molecule has 1 saturated carbocycles. The van der Waals surface area contributed by atoms with Gasteiger partial charge in [0.1, 0.15) is 6.10 Å². The predicted octanol–water partition coefficient (Wildman–Crippen LogP) is 4.40. The molecule has 0 saturated heterocycles. The number of unbranched alkanes of at least 4 members (excludes halogenated alkanes) is 4. The lowest BCUT2D eigenvalue weighted by Crippen LogP contribution is -2.30. The molecule has 4 N–H and O–H groups in total. The molecule has 0 amide bonds. The van der Waals surface area contributed by atoms with E-state index in [0.29, 0.717) is 12.8 Å². The molecule has 164 valence electrons. The first kappa shape index (κ1) is 25.1.